The summed E-state index contributed by atoms with van der Waals surface area (Å²) >= 11 is 0. The van der Waals surface area contributed by atoms with Gasteiger partial charge in [0.25, 0.3) is 0 Å². The van der Waals surface area contributed by atoms with Gasteiger partial charge < -0.3 is 20.7 Å². The Morgan fingerprint density at radius 2 is 2.13 bits per heavy atom. The monoisotopic (exact) mass is 434 g/mol. The van der Waals surface area contributed by atoms with Gasteiger partial charge in [-0.3, -0.25) is 4.79 Å². The molecule has 11 heteroatoms. The van der Waals surface area contributed by atoms with Crippen molar-refractivity contribution >= 4 is 17.5 Å². The first-order valence-electron chi connectivity index (χ1n) is 9.65. The molecule has 0 spiro atoms. The molecule has 1 aromatic carbocycles. The lowest BCUT2D eigenvalue weighted by Gasteiger charge is -2.14. The zero-order valence-electron chi connectivity index (χ0n) is 16.5. The van der Waals surface area contributed by atoms with Gasteiger partial charge in [-0.2, -0.15) is 10.2 Å². The first kappa shape index (κ1) is 22.3. The maximum Gasteiger partial charge on any atom is 0.573 e. The van der Waals surface area contributed by atoms with Gasteiger partial charge in [0.2, 0.25) is 5.95 Å². The maximum atomic E-state index is 12.6. The zero-order chi connectivity index (χ0) is 22.3. The quantitative estimate of drug-likeness (QED) is 0.553. The Kier molecular flexibility index (Phi) is 7.25. The van der Waals surface area contributed by atoms with E-state index in [-0.39, 0.29) is 47.5 Å². The molecule has 0 unspecified atom stereocenters. The van der Waals surface area contributed by atoms with E-state index < -0.39 is 6.36 Å². The second-order valence-corrected chi connectivity index (χ2v) is 7.03. The van der Waals surface area contributed by atoms with Crippen LogP contribution in [0.4, 0.5) is 24.9 Å². The molecule has 164 valence electrons. The van der Waals surface area contributed by atoms with Crippen molar-refractivity contribution in [2.45, 2.75) is 25.7 Å². The van der Waals surface area contributed by atoms with E-state index in [0.717, 1.165) is 19.5 Å². The minimum atomic E-state index is -4.81. The fourth-order valence-electron chi connectivity index (χ4n) is 3.20. The largest absolute Gasteiger partial charge is 0.573 e. The molecule has 3 rings (SSSR count). The van der Waals surface area contributed by atoms with E-state index in [1.165, 1.54) is 24.4 Å². The summed E-state index contributed by atoms with van der Waals surface area (Å²) in [7, 11) is 0. The highest BCUT2D eigenvalue weighted by Gasteiger charge is 2.32. The number of ether oxygens (including phenoxy) is 1. The summed E-state index contributed by atoms with van der Waals surface area (Å²) < 4.78 is 41.7. The van der Waals surface area contributed by atoms with Gasteiger partial charge >= 0.3 is 6.36 Å². The highest BCUT2D eigenvalue weighted by molar-refractivity contribution is 5.83. The van der Waals surface area contributed by atoms with Gasteiger partial charge in [-0.15, -0.1) is 13.2 Å². The topological polar surface area (TPSA) is 112 Å². The lowest BCUT2D eigenvalue weighted by Crippen LogP contribution is -2.20. The van der Waals surface area contributed by atoms with Crippen molar-refractivity contribution in [2.24, 2.45) is 5.92 Å². The number of carbonyl (C=O) groups excluding carboxylic acids is 1. The first-order chi connectivity index (χ1) is 14.8. The van der Waals surface area contributed by atoms with Crippen molar-refractivity contribution in [3.8, 4) is 11.8 Å². The normalized spacial score (nSPS) is 15.9. The standard InChI is InChI=1S/C20H21F3N6O2/c21-20(22,23)31-17-4-2-1-3-14(17)10-27-19-28-11-15(8-24)18(29-19)26-12-16(30)7-13-5-6-25-9-13/h1-4,11,13,25H,5-7,9-10,12H2,(H2,26,27,28,29)/t13-/m0/s1. The van der Waals surface area contributed by atoms with Crippen molar-refractivity contribution in [3.63, 3.8) is 0 Å². The summed E-state index contributed by atoms with van der Waals surface area (Å²) in [5, 5.41) is 18.1. The minimum Gasteiger partial charge on any atom is -0.405 e. The third-order valence-corrected chi connectivity index (χ3v) is 4.68. The molecule has 1 aromatic heterocycles. The molecule has 2 heterocycles. The van der Waals surface area contributed by atoms with Crippen LogP contribution in [0.1, 0.15) is 24.0 Å². The number of aromatic nitrogens is 2. The molecule has 1 atom stereocenters. The number of alkyl halides is 3. The van der Waals surface area contributed by atoms with E-state index >= 15 is 0 Å². The fraction of sp³-hybridized carbons (Fsp3) is 0.400. The van der Waals surface area contributed by atoms with Crippen LogP contribution in [0.5, 0.6) is 5.75 Å². The van der Waals surface area contributed by atoms with Crippen LogP contribution >= 0.6 is 0 Å². The van der Waals surface area contributed by atoms with Crippen LogP contribution in [0.2, 0.25) is 0 Å². The minimum absolute atomic E-state index is 0.00365. The van der Waals surface area contributed by atoms with Crippen molar-refractivity contribution in [3.05, 3.63) is 41.6 Å². The average molecular weight is 434 g/mol. The predicted octanol–water partition coefficient (Wildman–Crippen LogP) is 2.84. The van der Waals surface area contributed by atoms with Crippen molar-refractivity contribution in [1.82, 2.24) is 15.3 Å². The molecular weight excluding hydrogens is 413 g/mol. The summed E-state index contributed by atoms with van der Waals surface area (Å²) in [6, 6.07) is 7.65. The summed E-state index contributed by atoms with van der Waals surface area (Å²) in [5.74, 6) is 0.255. The van der Waals surface area contributed by atoms with Gasteiger partial charge in [0, 0.05) is 18.5 Å². The van der Waals surface area contributed by atoms with E-state index in [9.17, 15) is 23.2 Å². The second-order valence-electron chi connectivity index (χ2n) is 7.03. The molecule has 0 amide bonds. The SMILES string of the molecule is N#Cc1cnc(NCc2ccccc2OC(F)(F)F)nc1NCC(=O)C[C@@H]1CCNC1. The smallest absolute Gasteiger partial charge is 0.405 e. The molecule has 0 radical (unpaired) electrons. The van der Waals surface area contributed by atoms with E-state index in [0.29, 0.717) is 12.3 Å². The number of hydrogen-bond acceptors (Lipinski definition) is 8. The van der Waals surface area contributed by atoms with E-state index in [1.807, 2.05) is 6.07 Å². The van der Waals surface area contributed by atoms with Gasteiger partial charge in [0.15, 0.2) is 5.78 Å². The molecule has 1 fully saturated rings. The fourth-order valence-corrected chi connectivity index (χ4v) is 3.20. The van der Waals surface area contributed by atoms with Crippen molar-refractivity contribution in [2.75, 3.05) is 30.3 Å². The van der Waals surface area contributed by atoms with Crippen LogP contribution in [-0.2, 0) is 11.3 Å². The first-order valence-corrected chi connectivity index (χ1v) is 9.65. The highest BCUT2D eigenvalue weighted by Crippen LogP contribution is 2.26. The summed E-state index contributed by atoms with van der Waals surface area (Å²) in [5.41, 5.74) is 0.407. The molecule has 3 N–H and O–H groups in total. The van der Waals surface area contributed by atoms with Gasteiger partial charge in [-0.1, -0.05) is 18.2 Å². The van der Waals surface area contributed by atoms with Crippen LogP contribution in [0.15, 0.2) is 30.5 Å². The number of halogens is 3. The molecule has 8 nitrogen and oxygen atoms in total. The lowest BCUT2D eigenvalue weighted by molar-refractivity contribution is -0.274. The number of carbonyl (C=O) groups is 1. The summed E-state index contributed by atoms with van der Waals surface area (Å²) in [4.78, 5) is 20.4. The number of hydrogen-bond donors (Lipinski definition) is 3. The van der Waals surface area contributed by atoms with Gasteiger partial charge in [0.1, 0.15) is 23.2 Å². The Bertz CT molecular complexity index is 955. The predicted molar refractivity (Wildman–Crippen MR) is 106 cm³/mol. The van der Waals surface area contributed by atoms with Gasteiger partial charge in [-0.25, -0.2) is 4.98 Å². The Hall–Kier alpha value is -3.39. The highest BCUT2D eigenvalue weighted by atomic mass is 19.4. The molecule has 0 bridgehead atoms. The number of benzene rings is 1. The van der Waals surface area contributed by atoms with Crippen molar-refractivity contribution < 1.29 is 22.7 Å². The number of Topliss-reactive ketones (excluding diaryl/α,β-unsaturated/α-hetero) is 1. The molecule has 2 aromatic rings. The number of nitrogens with one attached hydrogen (secondary N) is 3. The van der Waals surface area contributed by atoms with E-state index in [2.05, 4.69) is 30.7 Å². The summed E-state index contributed by atoms with van der Waals surface area (Å²) in [6.45, 7) is 1.70. The zero-order valence-corrected chi connectivity index (χ0v) is 16.5. The molecule has 1 saturated heterocycles. The number of rotatable bonds is 9. The van der Waals surface area contributed by atoms with Crippen LogP contribution in [0, 0.1) is 17.2 Å². The lowest BCUT2D eigenvalue weighted by atomic mass is 10.0. The number of nitrogens with zero attached hydrogens (tertiary/aromatic N) is 3. The van der Waals surface area contributed by atoms with Crippen LogP contribution < -0.4 is 20.7 Å². The number of ketones is 1. The molecule has 0 aliphatic carbocycles. The van der Waals surface area contributed by atoms with Crippen LogP contribution in [0.25, 0.3) is 0 Å². The molecule has 1 aliphatic heterocycles. The molecule has 31 heavy (non-hydrogen) atoms. The van der Waals surface area contributed by atoms with E-state index in [4.69, 9.17) is 0 Å². The third-order valence-electron chi connectivity index (χ3n) is 4.68. The van der Waals surface area contributed by atoms with Gasteiger partial charge in [0.05, 0.1) is 12.7 Å². The molecular formula is C20H21F3N6O2. The van der Waals surface area contributed by atoms with E-state index in [1.54, 1.807) is 6.07 Å². The Balaban J connectivity index is 1.63. The van der Waals surface area contributed by atoms with Crippen LogP contribution in [0.3, 0.4) is 0 Å². The molecule has 1 aliphatic rings. The molecule has 0 saturated carbocycles. The number of anilines is 2. The maximum absolute atomic E-state index is 12.6. The van der Waals surface area contributed by atoms with Crippen LogP contribution in [-0.4, -0.2) is 41.7 Å². The Morgan fingerprint density at radius 1 is 1.32 bits per heavy atom. The Labute approximate surface area is 176 Å². The summed E-state index contributed by atoms with van der Waals surface area (Å²) in [6.07, 6.45) is -2.13. The third kappa shape index (κ3) is 6.82. The number of nitriles is 1. The average Bonchev–Trinajstić information content (AvgIpc) is 3.23. The van der Waals surface area contributed by atoms with Crippen molar-refractivity contribution in [1.29, 1.82) is 5.26 Å². The van der Waals surface area contributed by atoms with Gasteiger partial charge in [-0.05, 0) is 31.5 Å². The Morgan fingerprint density at radius 3 is 2.84 bits per heavy atom. The number of para-hydroxylation sites is 1. The second kappa shape index (κ2) is 10.1.